The molecule has 3 aliphatic rings. The van der Waals surface area contributed by atoms with Gasteiger partial charge in [0.05, 0.1) is 37.1 Å². The zero-order valence-electron chi connectivity index (χ0n) is 18.5. The van der Waals surface area contributed by atoms with E-state index in [-0.39, 0.29) is 18.4 Å². The van der Waals surface area contributed by atoms with Gasteiger partial charge < -0.3 is 66.2 Å². The molecule has 0 heterocycles. The molecule has 3 aliphatic carbocycles. The third-order valence-corrected chi connectivity index (χ3v) is 7.42. The van der Waals surface area contributed by atoms with Gasteiger partial charge in [0.25, 0.3) is 0 Å². The van der Waals surface area contributed by atoms with Gasteiger partial charge in [-0.05, 0) is 18.4 Å². The summed E-state index contributed by atoms with van der Waals surface area (Å²) in [5.41, 5.74) is 0.133. The summed E-state index contributed by atoms with van der Waals surface area (Å²) in [5, 5.41) is 114. The first kappa shape index (κ1) is 27.8. The third kappa shape index (κ3) is 5.32. The average molecular weight is 496 g/mol. The highest BCUT2D eigenvalue weighted by Crippen LogP contribution is 2.33. The van der Waals surface area contributed by atoms with Crippen LogP contribution in [0.25, 0.3) is 0 Å². The van der Waals surface area contributed by atoms with Crippen LogP contribution in [0.15, 0.2) is 11.6 Å². The topological polar surface area (TPSA) is 244 Å². The summed E-state index contributed by atoms with van der Waals surface area (Å²) in [7, 11) is 0. The Morgan fingerprint density at radius 3 is 1.79 bits per heavy atom. The van der Waals surface area contributed by atoms with E-state index in [9.17, 15) is 56.2 Å². The second-order valence-electron chi connectivity index (χ2n) is 9.58. The van der Waals surface area contributed by atoms with E-state index in [1.54, 1.807) is 0 Å². The van der Waals surface area contributed by atoms with Gasteiger partial charge in [0, 0.05) is 31.1 Å². The Labute approximate surface area is 196 Å². The number of rotatable bonds is 7. The monoisotopic (exact) mass is 495 g/mol. The first-order valence-electron chi connectivity index (χ1n) is 11.4. The molecule has 14 atom stereocenters. The van der Waals surface area contributed by atoms with Gasteiger partial charge in [-0.1, -0.05) is 6.08 Å². The first-order chi connectivity index (χ1) is 16.0. The Kier molecular flexibility index (Phi) is 9.42. The second-order valence-corrected chi connectivity index (χ2v) is 9.58. The fourth-order valence-electron chi connectivity index (χ4n) is 5.20. The minimum atomic E-state index is -1.61. The molecule has 198 valence electrons. The summed E-state index contributed by atoms with van der Waals surface area (Å²) in [6, 6.07) is -1.87. The molecule has 14 unspecified atom stereocenters. The molecular weight excluding hydrogens is 458 g/mol. The van der Waals surface area contributed by atoms with Gasteiger partial charge in [0.1, 0.15) is 36.6 Å². The minimum absolute atomic E-state index is 0.0490. The van der Waals surface area contributed by atoms with E-state index < -0.39 is 105 Å². The van der Waals surface area contributed by atoms with Crippen molar-refractivity contribution in [1.82, 2.24) is 5.32 Å². The molecule has 0 amide bonds. The minimum Gasteiger partial charge on any atom is -0.396 e. The number of ether oxygens (including phenoxy) is 1. The molecule has 0 aromatic carbocycles. The lowest BCUT2D eigenvalue weighted by atomic mass is 9.78. The van der Waals surface area contributed by atoms with Crippen LogP contribution in [0.3, 0.4) is 0 Å². The average Bonchev–Trinajstić information content (AvgIpc) is 2.83. The van der Waals surface area contributed by atoms with Gasteiger partial charge in [0.2, 0.25) is 0 Å². The Bertz CT molecular complexity index is 693. The van der Waals surface area contributed by atoms with Crippen molar-refractivity contribution in [2.75, 3.05) is 19.8 Å². The second kappa shape index (κ2) is 11.5. The highest BCUT2D eigenvalue weighted by Gasteiger charge is 2.48. The van der Waals surface area contributed by atoms with E-state index in [4.69, 9.17) is 4.74 Å². The standard InChI is InChI=1S/C21H37NO12/c23-4-7-1-10(15(28)18(31)13(7)26)22-11-2-9(6-25)21(20(33)16(11)29)34-12-3-8(5-24)14(27)19(32)17(12)30/h2,7-8,10-33H,1,3-6H2. The summed E-state index contributed by atoms with van der Waals surface area (Å²) in [4.78, 5) is 0. The first-order valence-corrected chi connectivity index (χ1v) is 11.4. The van der Waals surface area contributed by atoms with Crippen LogP contribution in [0.5, 0.6) is 0 Å². The highest BCUT2D eigenvalue weighted by atomic mass is 16.5. The van der Waals surface area contributed by atoms with E-state index in [1.165, 1.54) is 6.08 Å². The van der Waals surface area contributed by atoms with E-state index in [2.05, 4.69) is 5.32 Å². The van der Waals surface area contributed by atoms with Crippen molar-refractivity contribution in [3.63, 3.8) is 0 Å². The number of hydrogen-bond acceptors (Lipinski definition) is 13. The van der Waals surface area contributed by atoms with Gasteiger partial charge in [-0.15, -0.1) is 0 Å². The summed E-state index contributed by atoms with van der Waals surface area (Å²) in [5.74, 6) is -1.52. The van der Waals surface area contributed by atoms with E-state index >= 15 is 0 Å². The maximum Gasteiger partial charge on any atom is 0.112 e. The van der Waals surface area contributed by atoms with Crippen LogP contribution in [0, 0.1) is 11.8 Å². The van der Waals surface area contributed by atoms with Gasteiger partial charge >= 0.3 is 0 Å². The van der Waals surface area contributed by atoms with Crippen LogP contribution in [0.4, 0.5) is 0 Å². The molecule has 13 heteroatoms. The Hall–Kier alpha value is -0.780. The Morgan fingerprint density at radius 1 is 0.676 bits per heavy atom. The van der Waals surface area contributed by atoms with Gasteiger partial charge in [-0.25, -0.2) is 0 Å². The molecule has 0 aromatic heterocycles. The number of aliphatic hydroxyl groups is 11. The molecule has 12 N–H and O–H groups in total. The largest absolute Gasteiger partial charge is 0.396 e. The molecule has 0 spiro atoms. The number of aliphatic hydroxyl groups excluding tert-OH is 11. The van der Waals surface area contributed by atoms with Gasteiger partial charge in [0.15, 0.2) is 0 Å². The molecule has 0 aliphatic heterocycles. The van der Waals surface area contributed by atoms with Crippen molar-refractivity contribution in [2.24, 2.45) is 11.8 Å². The van der Waals surface area contributed by atoms with E-state index in [1.807, 2.05) is 0 Å². The third-order valence-electron chi connectivity index (χ3n) is 7.42. The lowest BCUT2D eigenvalue weighted by Crippen LogP contribution is -2.64. The summed E-state index contributed by atoms with van der Waals surface area (Å²) >= 11 is 0. The van der Waals surface area contributed by atoms with Gasteiger partial charge in [-0.3, -0.25) is 0 Å². The van der Waals surface area contributed by atoms with Crippen LogP contribution in [0.2, 0.25) is 0 Å². The van der Waals surface area contributed by atoms with E-state index in [0.29, 0.717) is 0 Å². The molecule has 2 saturated carbocycles. The molecule has 3 rings (SSSR count). The van der Waals surface area contributed by atoms with Crippen LogP contribution in [0.1, 0.15) is 12.8 Å². The van der Waals surface area contributed by atoms with Crippen LogP contribution >= 0.6 is 0 Å². The van der Waals surface area contributed by atoms with Crippen molar-refractivity contribution in [3.8, 4) is 0 Å². The maximum atomic E-state index is 10.8. The maximum absolute atomic E-state index is 10.8. The highest BCUT2D eigenvalue weighted by molar-refractivity contribution is 5.23. The number of nitrogens with one attached hydrogen (secondary N) is 1. The van der Waals surface area contributed by atoms with Crippen LogP contribution in [-0.2, 0) is 4.74 Å². The molecule has 0 aromatic rings. The summed E-state index contributed by atoms with van der Waals surface area (Å²) in [6.45, 7) is -1.52. The molecular formula is C21H37NO12. The normalized spacial score (nSPS) is 50.1. The summed E-state index contributed by atoms with van der Waals surface area (Å²) in [6.07, 6.45) is -13.0. The number of hydrogen-bond donors (Lipinski definition) is 12. The van der Waals surface area contributed by atoms with Crippen molar-refractivity contribution in [1.29, 1.82) is 0 Å². The Balaban J connectivity index is 1.76. The van der Waals surface area contributed by atoms with Gasteiger partial charge in [-0.2, -0.15) is 0 Å². The van der Waals surface area contributed by atoms with Crippen LogP contribution in [-0.4, -0.2) is 149 Å². The molecule has 13 nitrogen and oxygen atoms in total. The van der Waals surface area contributed by atoms with E-state index in [0.717, 1.165) is 0 Å². The molecule has 0 saturated heterocycles. The van der Waals surface area contributed by atoms with Crippen molar-refractivity contribution >= 4 is 0 Å². The fraction of sp³-hybridized carbons (Fsp3) is 0.905. The predicted octanol–water partition coefficient (Wildman–Crippen LogP) is -6.09. The lowest BCUT2D eigenvalue weighted by molar-refractivity contribution is -0.204. The van der Waals surface area contributed by atoms with Crippen LogP contribution < -0.4 is 5.32 Å². The quantitative estimate of drug-likeness (QED) is 0.147. The molecule has 34 heavy (non-hydrogen) atoms. The van der Waals surface area contributed by atoms with Crippen molar-refractivity contribution in [3.05, 3.63) is 11.6 Å². The zero-order chi connectivity index (χ0) is 25.3. The zero-order valence-corrected chi connectivity index (χ0v) is 18.5. The summed E-state index contributed by atoms with van der Waals surface area (Å²) < 4.78 is 5.75. The molecule has 2 fully saturated rings. The SMILES string of the molecule is OCC1=CC(NC2CC(CO)C(O)C(O)C2O)C(O)C(O)C1OC1CC(CO)C(O)C(O)C1O. The van der Waals surface area contributed by atoms with Crippen molar-refractivity contribution < 1.29 is 60.9 Å². The van der Waals surface area contributed by atoms with Crippen molar-refractivity contribution in [2.45, 2.75) is 86.0 Å². The fourth-order valence-corrected chi connectivity index (χ4v) is 5.20. The molecule has 0 radical (unpaired) electrons. The smallest absolute Gasteiger partial charge is 0.112 e. The predicted molar refractivity (Wildman–Crippen MR) is 113 cm³/mol. The lowest BCUT2D eigenvalue weighted by Gasteiger charge is -2.45. The Morgan fingerprint density at radius 2 is 1.24 bits per heavy atom. The molecule has 0 bridgehead atoms.